The van der Waals surface area contributed by atoms with E-state index in [0.717, 1.165) is 0 Å². The van der Waals surface area contributed by atoms with Crippen LogP contribution in [0.4, 0.5) is 0 Å². The van der Waals surface area contributed by atoms with Crippen LogP contribution in [0.5, 0.6) is 0 Å². The molecule has 0 aromatic carbocycles. The van der Waals surface area contributed by atoms with Crippen LogP contribution < -0.4 is 0 Å². The van der Waals surface area contributed by atoms with Crippen LogP contribution in [-0.4, -0.2) is 21.4 Å². The number of rotatable bonds is 2. The second-order valence-corrected chi connectivity index (χ2v) is 15.3. The Hall–Kier alpha value is 0.870. The van der Waals surface area contributed by atoms with Gasteiger partial charge in [0.15, 0.2) is 0 Å². The third-order valence-electron chi connectivity index (χ3n) is 1.92. The molecule has 0 saturated heterocycles. The fourth-order valence-corrected chi connectivity index (χ4v) is 14.5. The molecule has 0 nitrogen and oxygen atoms in total. The van der Waals surface area contributed by atoms with E-state index in [9.17, 15) is 0 Å². The molecule has 0 aromatic rings. The third kappa shape index (κ3) is 8.96. The van der Waals surface area contributed by atoms with Crippen molar-refractivity contribution < 1.29 is 0 Å². The van der Waals surface area contributed by atoms with Crippen LogP contribution in [0.2, 0.25) is 13.0 Å². The monoisotopic (exact) mass is 272 g/mol. The van der Waals surface area contributed by atoms with E-state index < -0.39 is 21.4 Å². The molecule has 0 unspecified atom stereocenters. The Morgan fingerprint density at radius 2 is 1.00 bits per heavy atom. The zero-order chi connectivity index (χ0) is 9.99. The van der Waals surface area contributed by atoms with E-state index in [1.807, 2.05) is 0 Å². The molecule has 0 aliphatic carbocycles. The second-order valence-electron chi connectivity index (χ2n) is 6.63. The van der Waals surface area contributed by atoms with Crippen molar-refractivity contribution in [1.82, 2.24) is 0 Å². The predicted octanol–water partition coefficient (Wildman–Crippen LogP) is 4.20. The summed E-state index contributed by atoms with van der Waals surface area (Å²) in [5.41, 5.74) is 1.17. The van der Waals surface area contributed by atoms with E-state index in [2.05, 4.69) is 46.2 Å². The fraction of sp³-hybridized carbons (Fsp3) is 1.00. The zero-order valence-corrected chi connectivity index (χ0v) is 13.3. The van der Waals surface area contributed by atoms with Gasteiger partial charge in [0.1, 0.15) is 0 Å². The van der Waals surface area contributed by atoms with Crippen molar-refractivity contribution in [1.29, 1.82) is 0 Å². The number of hydrogen-bond acceptors (Lipinski definition) is 0. The fourth-order valence-electron chi connectivity index (χ4n) is 2.16. The molecule has 0 aromatic heterocycles. The van der Waals surface area contributed by atoms with Gasteiger partial charge in [0, 0.05) is 0 Å². The Kier molecular flexibility index (Phi) is 4.71. The van der Waals surface area contributed by atoms with Gasteiger partial charge in [0.05, 0.1) is 0 Å². The predicted molar refractivity (Wildman–Crippen MR) is 60.1 cm³/mol. The molecule has 12 heavy (non-hydrogen) atoms. The first-order chi connectivity index (χ1) is 5.10. The summed E-state index contributed by atoms with van der Waals surface area (Å²) < 4.78 is 5.68. The summed E-state index contributed by atoms with van der Waals surface area (Å²) >= 11 is -1.12. The van der Waals surface area contributed by atoms with Crippen molar-refractivity contribution in [3.8, 4) is 0 Å². The van der Waals surface area contributed by atoms with Crippen LogP contribution in [0.3, 0.4) is 0 Å². The Morgan fingerprint density at radius 1 is 0.750 bits per heavy atom. The second kappa shape index (κ2) is 4.39. The van der Waals surface area contributed by atoms with E-state index in [0.29, 0.717) is 10.8 Å². The Labute approximate surface area is 86.7 Å². The summed E-state index contributed by atoms with van der Waals surface area (Å²) in [4.78, 5) is 0. The van der Waals surface area contributed by atoms with E-state index in [1.54, 1.807) is 8.35 Å². The summed E-state index contributed by atoms with van der Waals surface area (Å²) in [5, 5.41) is 0. The van der Waals surface area contributed by atoms with Crippen LogP contribution in [0.1, 0.15) is 41.5 Å². The van der Waals surface area contributed by atoms with Crippen molar-refractivity contribution in [2.45, 2.75) is 54.6 Å². The molecule has 0 spiro atoms. The van der Waals surface area contributed by atoms with E-state index in [4.69, 9.17) is 0 Å². The van der Waals surface area contributed by atoms with E-state index in [1.165, 1.54) is 0 Å². The Bertz CT molecular complexity index is 109. The van der Waals surface area contributed by atoms with Crippen LogP contribution in [0, 0.1) is 10.8 Å². The first-order valence-electron chi connectivity index (χ1n) is 5.10. The normalized spacial score (nSPS) is 13.2. The molecule has 0 aliphatic heterocycles. The van der Waals surface area contributed by atoms with Crippen molar-refractivity contribution in [3.05, 3.63) is 0 Å². The Morgan fingerprint density at radius 3 is 1.17 bits per heavy atom. The quantitative estimate of drug-likeness (QED) is 0.706. The molecule has 0 rings (SSSR count). The molecule has 0 heterocycles. The van der Waals surface area contributed by atoms with E-state index >= 15 is 0 Å². The standard InChI is InChI=1S/2C5H11.CH3.In/c2*1-5(2,3)4;;/h2*1H2,2-4H3;1H3;. The molecule has 0 N–H and O–H groups in total. The molecular formula is C11H25In. The van der Waals surface area contributed by atoms with Gasteiger partial charge >= 0.3 is 86.8 Å². The molecule has 0 amide bonds. The van der Waals surface area contributed by atoms with E-state index in [-0.39, 0.29) is 0 Å². The first-order valence-corrected chi connectivity index (χ1v) is 13.1. The molecular weight excluding hydrogens is 247 g/mol. The minimum atomic E-state index is -1.12. The van der Waals surface area contributed by atoms with Crippen LogP contribution in [0.25, 0.3) is 0 Å². The molecule has 1 heteroatoms. The summed E-state index contributed by atoms with van der Waals surface area (Å²) in [6, 6.07) is 0. The summed E-state index contributed by atoms with van der Waals surface area (Å²) in [6.07, 6.45) is 0. The Balaban J connectivity index is 3.83. The van der Waals surface area contributed by atoms with Crippen LogP contribution in [0.15, 0.2) is 0 Å². The van der Waals surface area contributed by atoms with Gasteiger partial charge in [-0.3, -0.25) is 0 Å². The molecule has 0 atom stereocenters. The molecule has 0 fully saturated rings. The number of hydrogen-bond donors (Lipinski definition) is 0. The van der Waals surface area contributed by atoms with Gasteiger partial charge in [-0.15, -0.1) is 0 Å². The maximum atomic E-state index is 2.58. The zero-order valence-electron chi connectivity index (χ0n) is 9.99. The summed E-state index contributed by atoms with van der Waals surface area (Å²) in [6.45, 7) is 14.3. The van der Waals surface area contributed by atoms with Gasteiger partial charge in [-0.2, -0.15) is 0 Å². The van der Waals surface area contributed by atoms with Gasteiger partial charge in [-0.05, 0) is 0 Å². The van der Waals surface area contributed by atoms with Crippen molar-refractivity contribution in [2.75, 3.05) is 0 Å². The average molecular weight is 272 g/mol. The topological polar surface area (TPSA) is 0 Å². The van der Waals surface area contributed by atoms with Crippen molar-refractivity contribution in [2.24, 2.45) is 10.8 Å². The summed E-state index contributed by atoms with van der Waals surface area (Å²) in [5.74, 6) is 0. The van der Waals surface area contributed by atoms with Gasteiger partial charge in [0.2, 0.25) is 0 Å². The van der Waals surface area contributed by atoms with Crippen LogP contribution in [-0.2, 0) is 0 Å². The van der Waals surface area contributed by atoms with Crippen molar-refractivity contribution >= 4 is 21.4 Å². The summed E-state index contributed by atoms with van der Waals surface area (Å²) in [7, 11) is 0. The maximum absolute atomic E-state index is 2.58. The molecule has 0 radical (unpaired) electrons. The molecule has 0 bridgehead atoms. The first kappa shape index (κ1) is 12.9. The van der Waals surface area contributed by atoms with Gasteiger partial charge in [-0.25, -0.2) is 0 Å². The van der Waals surface area contributed by atoms with Crippen molar-refractivity contribution in [3.63, 3.8) is 0 Å². The molecule has 0 aliphatic rings. The minimum absolute atomic E-state index is 0.584. The molecule has 0 saturated carbocycles. The third-order valence-corrected chi connectivity index (χ3v) is 12.9. The molecule has 72 valence electrons. The average Bonchev–Trinajstić information content (AvgIpc) is 1.49. The SMILES string of the molecule is [CH3][In]([CH2]C(C)(C)C)[CH2]C(C)(C)C. The van der Waals surface area contributed by atoms with Gasteiger partial charge < -0.3 is 0 Å². The van der Waals surface area contributed by atoms with Gasteiger partial charge in [-0.1, -0.05) is 0 Å². The van der Waals surface area contributed by atoms with Gasteiger partial charge in [0.25, 0.3) is 0 Å². The van der Waals surface area contributed by atoms with Crippen LogP contribution >= 0.6 is 0 Å².